The second-order valence-electron chi connectivity index (χ2n) is 7.48. The fourth-order valence-electron chi connectivity index (χ4n) is 4.33. The molecule has 0 spiro atoms. The minimum absolute atomic E-state index is 0.0724. The van der Waals surface area contributed by atoms with Gasteiger partial charge in [-0.25, -0.2) is 13.6 Å². The summed E-state index contributed by atoms with van der Waals surface area (Å²) in [7, 11) is 0. The summed E-state index contributed by atoms with van der Waals surface area (Å²) in [6.45, 7) is 7.58. The molecule has 0 radical (unpaired) electrons. The molecule has 24 heavy (non-hydrogen) atoms. The second-order valence-corrected chi connectivity index (χ2v) is 7.48. The first-order valence-electron chi connectivity index (χ1n) is 9.17. The van der Waals surface area contributed by atoms with Crippen LogP contribution in [-0.2, 0) is 4.74 Å². The van der Waals surface area contributed by atoms with Crippen molar-refractivity contribution in [2.24, 2.45) is 5.92 Å². The van der Waals surface area contributed by atoms with Gasteiger partial charge in [0.05, 0.1) is 13.2 Å². The molecule has 0 aromatic rings. The summed E-state index contributed by atoms with van der Waals surface area (Å²) in [6.07, 6.45) is 2.84. The smallest absolute Gasteiger partial charge is 0.317 e. The molecule has 0 aromatic carbocycles. The van der Waals surface area contributed by atoms with Crippen LogP contribution in [0.3, 0.4) is 0 Å². The average Bonchev–Trinajstić information content (AvgIpc) is 2.58. The van der Waals surface area contributed by atoms with E-state index in [1.807, 2.05) is 4.90 Å². The van der Waals surface area contributed by atoms with Crippen molar-refractivity contribution < 1.29 is 18.3 Å². The topological polar surface area (TPSA) is 44.8 Å². The maximum Gasteiger partial charge on any atom is 0.317 e. The Hall–Kier alpha value is -0.950. The fourth-order valence-corrected chi connectivity index (χ4v) is 4.33. The molecule has 0 unspecified atom stereocenters. The van der Waals surface area contributed by atoms with E-state index in [0.717, 1.165) is 58.7 Å². The number of hydrogen-bond donors (Lipinski definition) is 1. The lowest BCUT2D eigenvalue weighted by Gasteiger charge is -2.50. The van der Waals surface area contributed by atoms with Crippen molar-refractivity contribution >= 4 is 6.03 Å². The lowest BCUT2D eigenvalue weighted by Crippen LogP contribution is -2.59. The van der Waals surface area contributed by atoms with E-state index in [1.54, 1.807) is 0 Å². The minimum atomic E-state index is -2.51. The molecular weight excluding hydrogens is 316 g/mol. The normalized spacial score (nSPS) is 27.5. The highest BCUT2D eigenvalue weighted by molar-refractivity contribution is 5.74. The number of nitrogens with one attached hydrogen (secondary N) is 1. The number of amides is 2. The van der Waals surface area contributed by atoms with Gasteiger partial charge in [-0.2, -0.15) is 0 Å². The maximum atomic E-state index is 12.8. The number of carbonyl (C=O) groups excluding carboxylic acids is 1. The van der Waals surface area contributed by atoms with Crippen molar-refractivity contribution in [2.75, 3.05) is 45.9 Å². The van der Waals surface area contributed by atoms with Gasteiger partial charge in [-0.1, -0.05) is 6.92 Å². The van der Waals surface area contributed by atoms with Crippen LogP contribution >= 0.6 is 0 Å². The van der Waals surface area contributed by atoms with Gasteiger partial charge in [-0.3, -0.25) is 4.90 Å². The predicted octanol–water partition coefficient (Wildman–Crippen LogP) is 2.32. The number of halogens is 2. The summed E-state index contributed by atoms with van der Waals surface area (Å²) in [5, 5.41) is 2.84. The van der Waals surface area contributed by atoms with Gasteiger partial charge in [0.15, 0.2) is 0 Å². The number of piperidine rings is 1. The molecule has 3 aliphatic rings. The monoisotopic (exact) mass is 345 g/mol. The first-order chi connectivity index (χ1) is 11.4. The molecule has 0 bridgehead atoms. The van der Waals surface area contributed by atoms with E-state index in [1.165, 1.54) is 0 Å². The van der Waals surface area contributed by atoms with Gasteiger partial charge in [0.25, 0.3) is 0 Å². The third-order valence-electron chi connectivity index (χ3n) is 6.04. The summed E-state index contributed by atoms with van der Waals surface area (Å²) in [4.78, 5) is 16.6. The first kappa shape index (κ1) is 17.9. The molecule has 2 amide bonds. The molecule has 3 fully saturated rings. The number of hydrogen-bond acceptors (Lipinski definition) is 3. The third-order valence-corrected chi connectivity index (χ3v) is 6.04. The van der Waals surface area contributed by atoms with E-state index < -0.39 is 5.92 Å². The number of rotatable bonds is 4. The van der Waals surface area contributed by atoms with Crippen LogP contribution in [0.5, 0.6) is 0 Å². The van der Waals surface area contributed by atoms with Crippen molar-refractivity contribution in [3.8, 4) is 0 Å². The van der Waals surface area contributed by atoms with Crippen LogP contribution in [0, 0.1) is 5.92 Å². The lowest BCUT2D eigenvalue weighted by atomic mass is 9.81. The zero-order valence-electron chi connectivity index (χ0n) is 14.5. The molecule has 138 valence electrons. The average molecular weight is 345 g/mol. The summed E-state index contributed by atoms with van der Waals surface area (Å²) in [5.74, 6) is -2.59. The largest absolute Gasteiger partial charge is 0.379 e. The summed E-state index contributed by atoms with van der Waals surface area (Å²) >= 11 is 0. The number of alkyl halides is 2. The van der Waals surface area contributed by atoms with Crippen LogP contribution in [0.15, 0.2) is 0 Å². The molecule has 2 aliphatic heterocycles. The van der Waals surface area contributed by atoms with Crippen molar-refractivity contribution in [3.63, 3.8) is 0 Å². The molecule has 5 nitrogen and oxygen atoms in total. The van der Waals surface area contributed by atoms with Crippen molar-refractivity contribution in [2.45, 2.75) is 50.5 Å². The van der Waals surface area contributed by atoms with Gasteiger partial charge >= 0.3 is 6.03 Å². The van der Waals surface area contributed by atoms with Gasteiger partial charge in [0.2, 0.25) is 5.92 Å². The summed E-state index contributed by atoms with van der Waals surface area (Å²) in [6, 6.07) is -0.100. The molecule has 1 saturated carbocycles. The summed E-state index contributed by atoms with van der Waals surface area (Å²) < 4.78 is 31.1. The SMILES string of the molecule is CCC1(N2CCOCC2)CCN(C(=O)NCC2CC(F)(F)C2)CC1. The van der Waals surface area contributed by atoms with E-state index in [-0.39, 0.29) is 30.3 Å². The van der Waals surface area contributed by atoms with E-state index in [9.17, 15) is 13.6 Å². The highest BCUT2D eigenvalue weighted by atomic mass is 19.3. The zero-order valence-corrected chi connectivity index (χ0v) is 14.5. The van der Waals surface area contributed by atoms with E-state index in [0.29, 0.717) is 6.54 Å². The summed E-state index contributed by atoms with van der Waals surface area (Å²) in [5.41, 5.74) is 0.177. The molecule has 7 heteroatoms. The van der Waals surface area contributed by atoms with Crippen LogP contribution in [0.2, 0.25) is 0 Å². The highest BCUT2D eigenvalue weighted by Gasteiger charge is 2.45. The predicted molar refractivity (Wildman–Crippen MR) is 87.3 cm³/mol. The molecule has 2 heterocycles. The molecule has 2 saturated heterocycles. The molecule has 1 N–H and O–H groups in total. The number of morpholine rings is 1. The third kappa shape index (κ3) is 3.82. The van der Waals surface area contributed by atoms with Crippen molar-refractivity contribution in [3.05, 3.63) is 0 Å². The Morgan fingerprint density at radius 2 is 1.79 bits per heavy atom. The maximum absolute atomic E-state index is 12.8. The molecular formula is C17H29F2N3O2. The molecule has 0 atom stereocenters. The molecule has 1 aliphatic carbocycles. The highest BCUT2D eigenvalue weighted by Crippen LogP contribution is 2.41. The number of ether oxygens (including phenoxy) is 1. The Labute approximate surface area is 142 Å². The molecule has 0 aromatic heterocycles. The quantitative estimate of drug-likeness (QED) is 0.850. The Kier molecular flexibility index (Phi) is 5.30. The number of likely N-dealkylation sites (tertiary alicyclic amines) is 1. The zero-order chi connectivity index (χ0) is 17.2. The number of nitrogens with zero attached hydrogens (tertiary/aromatic N) is 2. The van der Waals surface area contributed by atoms with Gasteiger partial charge in [0.1, 0.15) is 0 Å². The standard InChI is InChI=1S/C17H29F2N3O2/c1-2-16(22-7-9-24-10-8-22)3-5-21(6-4-16)15(23)20-13-14-11-17(18,19)12-14/h14H,2-13H2,1H3,(H,20,23). The Morgan fingerprint density at radius 3 is 2.33 bits per heavy atom. The number of carbonyl (C=O) groups is 1. The van der Waals surface area contributed by atoms with Crippen LogP contribution in [0.25, 0.3) is 0 Å². The van der Waals surface area contributed by atoms with Crippen LogP contribution in [0.4, 0.5) is 13.6 Å². The van der Waals surface area contributed by atoms with Gasteiger partial charge in [-0.05, 0) is 25.2 Å². The molecule has 3 rings (SSSR count). The van der Waals surface area contributed by atoms with E-state index in [4.69, 9.17) is 4.74 Å². The first-order valence-corrected chi connectivity index (χ1v) is 9.17. The van der Waals surface area contributed by atoms with Crippen molar-refractivity contribution in [1.29, 1.82) is 0 Å². The van der Waals surface area contributed by atoms with Crippen molar-refractivity contribution in [1.82, 2.24) is 15.1 Å². The second kappa shape index (κ2) is 7.12. The minimum Gasteiger partial charge on any atom is -0.379 e. The number of urea groups is 1. The lowest BCUT2D eigenvalue weighted by molar-refractivity contribution is -0.108. The van der Waals surface area contributed by atoms with Crippen LogP contribution in [-0.4, -0.2) is 73.2 Å². The van der Waals surface area contributed by atoms with Gasteiger partial charge in [-0.15, -0.1) is 0 Å². The Balaban J connectivity index is 1.44. The fraction of sp³-hybridized carbons (Fsp3) is 0.941. The van der Waals surface area contributed by atoms with E-state index in [2.05, 4.69) is 17.1 Å². The Bertz CT molecular complexity index is 439. The van der Waals surface area contributed by atoms with Crippen LogP contribution in [0.1, 0.15) is 39.0 Å². The van der Waals surface area contributed by atoms with Crippen LogP contribution < -0.4 is 5.32 Å². The van der Waals surface area contributed by atoms with Gasteiger partial charge < -0.3 is 15.0 Å². The Morgan fingerprint density at radius 1 is 1.17 bits per heavy atom. The van der Waals surface area contributed by atoms with Gasteiger partial charge in [0, 0.05) is 51.1 Å². The van der Waals surface area contributed by atoms with E-state index >= 15 is 0 Å².